The SMILES string of the molecule is COc1ccc([C@@H]2CC(=O)C3=C(C2)NC(C)=C(C(=O)OC2CCCCC2)[C@@H]3c2cc(OC)c(OC)cc2Br)cc1OC. The first-order chi connectivity index (χ1) is 20.3. The fourth-order valence-electron chi connectivity index (χ4n) is 6.45. The van der Waals surface area contributed by atoms with E-state index >= 15 is 0 Å². The van der Waals surface area contributed by atoms with Crippen molar-refractivity contribution in [3.63, 3.8) is 0 Å². The number of carbonyl (C=O) groups excluding carboxylic acids is 2. The number of ketones is 1. The van der Waals surface area contributed by atoms with Crippen molar-refractivity contribution >= 4 is 27.7 Å². The predicted molar refractivity (Wildman–Crippen MR) is 162 cm³/mol. The van der Waals surface area contributed by atoms with E-state index in [1.54, 1.807) is 28.4 Å². The number of ether oxygens (including phenoxy) is 5. The van der Waals surface area contributed by atoms with Crippen LogP contribution in [0.25, 0.3) is 0 Å². The molecule has 0 saturated heterocycles. The maximum atomic E-state index is 14.1. The molecule has 0 amide bonds. The van der Waals surface area contributed by atoms with Crippen LogP contribution in [0.5, 0.6) is 23.0 Å². The number of nitrogens with one attached hydrogen (secondary N) is 1. The lowest BCUT2D eigenvalue weighted by Gasteiger charge is -2.37. The maximum Gasteiger partial charge on any atom is 0.337 e. The number of rotatable bonds is 8. The van der Waals surface area contributed by atoms with Gasteiger partial charge in [0.15, 0.2) is 28.8 Å². The molecule has 5 rings (SSSR count). The first-order valence-corrected chi connectivity index (χ1v) is 15.2. The van der Waals surface area contributed by atoms with E-state index in [2.05, 4.69) is 21.2 Å². The van der Waals surface area contributed by atoms with Crippen molar-refractivity contribution in [3.05, 3.63) is 68.5 Å². The lowest BCUT2D eigenvalue weighted by Crippen LogP contribution is -2.37. The van der Waals surface area contributed by atoms with Crippen LogP contribution in [0.2, 0.25) is 0 Å². The number of halogens is 1. The van der Waals surface area contributed by atoms with Gasteiger partial charge in [0.2, 0.25) is 0 Å². The summed E-state index contributed by atoms with van der Waals surface area (Å²) in [6.45, 7) is 1.88. The first-order valence-electron chi connectivity index (χ1n) is 14.4. The average molecular weight is 641 g/mol. The summed E-state index contributed by atoms with van der Waals surface area (Å²) in [6.07, 6.45) is 5.74. The van der Waals surface area contributed by atoms with Gasteiger partial charge in [0.1, 0.15) is 6.10 Å². The summed E-state index contributed by atoms with van der Waals surface area (Å²) in [5.74, 6) is 1.21. The minimum atomic E-state index is -0.634. The molecule has 1 fully saturated rings. The van der Waals surface area contributed by atoms with E-state index in [1.165, 1.54) is 0 Å². The second-order valence-corrected chi connectivity index (χ2v) is 11.9. The summed E-state index contributed by atoms with van der Waals surface area (Å²) in [7, 11) is 6.35. The number of hydrogen-bond acceptors (Lipinski definition) is 8. The molecule has 0 bridgehead atoms. The average Bonchev–Trinajstić information content (AvgIpc) is 3.00. The lowest BCUT2D eigenvalue weighted by molar-refractivity contribution is -0.146. The molecule has 1 saturated carbocycles. The van der Waals surface area contributed by atoms with Crippen LogP contribution in [0.3, 0.4) is 0 Å². The van der Waals surface area contributed by atoms with Gasteiger partial charge in [-0.2, -0.15) is 0 Å². The van der Waals surface area contributed by atoms with Crippen LogP contribution >= 0.6 is 15.9 Å². The molecule has 0 spiro atoms. The Morgan fingerprint density at radius 3 is 2.17 bits per heavy atom. The fraction of sp³-hybridized carbons (Fsp3) is 0.455. The molecule has 1 heterocycles. The van der Waals surface area contributed by atoms with Crippen molar-refractivity contribution in [3.8, 4) is 23.0 Å². The Morgan fingerprint density at radius 1 is 0.857 bits per heavy atom. The molecule has 8 nitrogen and oxygen atoms in total. The number of Topliss-reactive ketones (excluding diaryl/α,β-unsaturated/α-hetero) is 1. The number of carbonyl (C=O) groups is 2. The second kappa shape index (κ2) is 12.8. The molecule has 224 valence electrons. The highest BCUT2D eigenvalue weighted by Crippen LogP contribution is 2.49. The summed E-state index contributed by atoms with van der Waals surface area (Å²) in [5.41, 5.74) is 4.26. The highest BCUT2D eigenvalue weighted by molar-refractivity contribution is 9.10. The van der Waals surface area contributed by atoms with Crippen LogP contribution < -0.4 is 24.3 Å². The van der Waals surface area contributed by atoms with Gasteiger partial charge in [0.25, 0.3) is 0 Å². The molecule has 2 aromatic carbocycles. The Bertz CT molecular complexity index is 1440. The standard InChI is InChI=1S/C33H38BrNO7/c1-18-30(33(37)42-21-9-7-6-8-10-21)31(22-16-28(40-4)29(41-5)17-23(22)34)32-24(35-18)13-20(14-25(32)36)19-11-12-26(38-2)27(15-19)39-3/h11-12,15-17,20-21,31,35H,6-10,13-14H2,1-5H3/t20-,31-/m0/s1. The summed E-state index contributed by atoms with van der Waals surface area (Å²) in [5, 5.41) is 3.45. The Labute approximate surface area is 255 Å². The van der Waals surface area contributed by atoms with Crippen LogP contribution in [0.4, 0.5) is 0 Å². The van der Waals surface area contributed by atoms with E-state index in [1.807, 2.05) is 37.3 Å². The van der Waals surface area contributed by atoms with E-state index in [9.17, 15) is 9.59 Å². The van der Waals surface area contributed by atoms with Gasteiger partial charge in [-0.25, -0.2) is 4.79 Å². The minimum Gasteiger partial charge on any atom is -0.493 e. The van der Waals surface area contributed by atoms with E-state index in [4.69, 9.17) is 23.7 Å². The zero-order valence-corrected chi connectivity index (χ0v) is 26.4. The van der Waals surface area contributed by atoms with Crippen molar-refractivity contribution in [1.29, 1.82) is 0 Å². The number of benzene rings is 2. The number of esters is 1. The molecule has 2 atom stereocenters. The number of methoxy groups -OCH3 is 4. The van der Waals surface area contributed by atoms with Gasteiger partial charge in [-0.05, 0) is 80.3 Å². The monoisotopic (exact) mass is 639 g/mol. The summed E-state index contributed by atoms with van der Waals surface area (Å²) < 4.78 is 28.9. The van der Waals surface area contributed by atoms with Crippen molar-refractivity contribution in [2.24, 2.45) is 0 Å². The largest absolute Gasteiger partial charge is 0.493 e. The van der Waals surface area contributed by atoms with Gasteiger partial charge in [-0.3, -0.25) is 4.79 Å². The highest BCUT2D eigenvalue weighted by atomic mass is 79.9. The number of allylic oxidation sites excluding steroid dienone is 3. The normalized spacial score (nSPS) is 21.0. The topological polar surface area (TPSA) is 92.3 Å². The van der Waals surface area contributed by atoms with Crippen molar-refractivity contribution in [1.82, 2.24) is 5.32 Å². The summed E-state index contributed by atoms with van der Waals surface area (Å²) in [4.78, 5) is 28.0. The number of hydrogen-bond donors (Lipinski definition) is 1. The van der Waals surface area contributed by atoms with Crippen LogP contribution in [-0.4, -0.2) is 46.3 Å². The molecule has 2 aliphatic carbocycles. The summed E-state index contributed by atoms with van der Waals surface area (Å²) in [6, 6.07) is 9.44. The Balaban J connectivity index is 1.58. The second-order valence-electron chi connectivity index (χ2n) is 11.0. The van der Waals surface area contributed by atoms with Crippen LogP contribution in [0.1, 0.15) is 74.8 Å². The molecule has 42 heavy (non-hydrogen) atoms. The third kappa shape index (κ3) is 5.76. The lowest BCUT2D eigenvalue weighted by atomic mass is 9.71. The smallest absolute Gasteiger partial charge is 0.337 e. The van der Waals surface area contributed by atoms with Crippen LogP contribution in [-0.2, 0) is 14.3 Å². The minimum absolute atomic E-state index is 0.0225. The Morgan fingerprint density at radius 2 is 1.50 bits per heavy atom. The van der Waals surface area contributed by atoms with Crippen molar-refractivity contribution in [2.75, 3.05) is 28.4 Å². The molecular formula is C33H38BrNO7. The third-order valence-corrected chi connectivity index (χ3v) is 9.25. The maximum absolute atomic E-state index is 14.1. The molecule has 1 aliphatic heterocycles. The van der Waals surface area contributed by atoms with Crippen LogP contribution in [0.15, 0.2) is 57.3 Å². The molecule has 3 aliphatic rings. The van der Waals surface area contributed by atoms with Crippen molar-refractivity contribution < 1.29 is 33.3 Å². The molecule has 2 aromatic rings. The van der Waals surface area contributed by atoms with Gasteiger partial charge in [-0.15, -0.1) is 0 Å². The van der Waals surface area contributed by atoms with Gasteiger partial charge in [0.05, 0.1) is 34.0 Å². The predicted octanol–water partition coefficient (Wildman–Crippen LogP) is 6.72. The van der Waals surface area contributed by atoms with E-state index in [-0.39, 0.29) is 23.8 Å². The quantitative estimate of drug-likeness (QED) is 0.318. The molecule has 9 heteroatoms. The molecular weight excluding hydrogens is 602 g/mol. The zero-order valence-electron chi connectivity index (χ0n) is 24.8. The van der Waals surface area contributed by atoms with E-state index < -0.39 is 5.92 Å². The zero-order chi connectivity index (χ0) is 30.0. The van der Waals surface area contributed by atoms with Crippen LogP contribution in [0, 0.1) is 0 Å². The van der Waals surface area contributed by atoms with Gasteiger partial charge in [0, 0.05) is 33.8 Å². The molecule has 0 unspecified atom stereocenters. The van der Waals surface area contributed by atoms with E-state index in [0.717, 1.165) is 48.9 Å². The molecule has 1 N–H and O–H groups in total. The number of dihydropyridines is 1. The molecule has 0 radical (unpaired) electrons. The Hall–Kier alpha value is -3.46. The summed E-state index contributed by atoms with van der Waals surface area (Å²) >= 11 is 3.71. The van der Waals surface area contributed by atoms with Gasteiger partial charge < -0.3 is 29.0 Å². The van der Waals surface area contributed by atoms with Crippen molar-refractivity contribution in [2.45, 2.75) is 69.8 Å². The van der Waals surface area contributed by atoms with Gasteiger partial charge in [-0.1, -0.05) is 28.4 Å². The first kappa shape index (κ1) is 30.0. The fourth-order valence-corrected chi connectivity index (χ4v) is 7.00. The highest BCUT2D eigenvalue weighted by Gasteiger charge is 2.43. The Kier molecular flexibility index (Phi) is 9.16. The third-order valence-electron chi connectivity index (χ3n) is 8.57. The molecule has 0 aromatic heterocycles. The van der Waals surface area contributed by atoms with E-state index in [0.29, 0.717) is 57.2 Å². The van der Waals surface area contributed by atoms with Gasteiger partial charge >= 0.3 is 5.97 Å².